The number of carbonyl (C=O) groups excluding carboxylic acids is 2. The minimum atomic E-state index is -0.517. The van der Waals surface area contributed by atoms with Crippen molar-refractivity contribution in [2.24, 2.45) is 5.73 Å². The molecule has 0 aliphatic heterocycles. The predicted octanol–water partition coefficient (Wildman–Crippen LogP) is 1.90. The highest BCUT2D eigenvalue weighted by Gasteiger charge is 2.28. The summed E-state index contributed by atoms with van der Waals surface area (Å²) in [6, 6.07) is 6.14. The fraction of sp³-hybridized carbons (Fsp3) is 0.467. The summed E-state index contributed by atoms with van der Waals surface area (Å²) in [6.07, 6.45) is 3.64. The zero-order valence-corrected chi connectivity index (χ0v) is 11.5. The third-order valence-electron chi connectivity index (χ3n) is 3.61. The molecular weight excluding hydrogens is 258 g/mol. The van der Waals surface area contributed by atoms with Gasteiger partial charge >= 0.3 is 5.97 Å². The highest BCUT2D eigenvalue weighted by Crippen LogP contribution is 2.24. The highest BCUT2D eigenvalue weighted by atomic mass is 16.6. The Labute approximate surface area is 118 Å². The number of esters is 1. The zero-order valence-electron chi connectivity index (χ0n) is 11.5. The van der Waals surface area contributed by atoms with Crippen LogP contribution >= 0.6 is 0 Å². The van der Waals surface area contributed by atoms with Crippen LogP contribution in [-0.4, -0.2) is 31.2 Å². The molecule has 108 valence electrons. The van der Waals surface area contributed by atoms with Crippen LogP contribution in [0.4, 0.5) is 0 Å². The molecule has 0 radical (unpaired) electrons. The fourth-order valence-electron chi connectivity index (χ4n) is 2.44. The Balaban J connectivity index is 2.01. The summed E-state index contributed by atoms with van der Waals surface area (Å²) in [6.45, 7) is 0. The first-order chi connectivity index (χ1) is 9.61. The van der Waals surface area contributed by atoms with E-state index in [9.17, 15) is 9.59 Å². The molecule has 0 bridgehead atoms. The van der Waals surface area contributed by atoms with E-state index < -0.39 is 11.9 Å². The van der Waals surface area contributed by atoms with Gasteiger partial charge in [-0.25, -0.2) is 4.79 Å². The molecule has 0 unspecified atom stereocenters. The number of amides is 1. The number of carbonyl (C=O) groups is 2. The van der Waals surface area contributed by atoms with Crippen molar-refractivity contribution in [3.05, 3.63) is 35.4 Å². The molecule has 1 aromatic rings. The molecule has 1 aliphatic rings. The molecule has 1 saturated carbocycles. The summed E-state index contributed by atoms with van der Waals surface area (Å²) in [5.74, 6) is -0.911. The van der Waals surface area contributed by atoms with Crippen LogP contribution in [0.3, 0.4) is 0 Å². The minimum Gasteiger partial charge on any atom is -0.456 e. The molecule has 20 heavy (non-hydrogen) atoms. The average Bonchev–Trinajstić information content (AvgIpc) is 2.48. The molecule has 1 aromatic carbocycles. The molecule has 1 aliphatic carbocycles. The Morgan fingerprint density at radius 3 is 2.15 bits per heavy atom. The van der Waals surface area contributed by atoms with Crippen molar-refractivity contribution >= 4 is 11.9 Å². The van der Waals surface area contributed by atoms with Gasteiger partial charge in [-0.3, -0.25) is 4.79 Å². The Hall–Kier alpha value is -1.88. The molecule has 0 saturated heterocycles. The normalized spacial score (nSPS) is 22.2. The van der Waals surface area contributed by atoms with E-state index in [0.717, 1.165) is 25.7 Å². The zero-order chi connectivity index (χ0) is 14.5. The lowest BCUT2D eigenvalue weighted by atomic mass is 9.94. The first kappa shape index (κ1) is 14.5. The van der Waals surface area contributed by atoms with Crippen LogP contribution in [0.25, 0.3) is 0 Å². The number of ether oxygens (including phenoxy) is 2. The van der Waals surface area contributed by atoms with E-state index in [1.807, 2.05) is 0 Å². The molecular formula is C15H19NO4. The van der Waals surface area contributed by atoms with Gasteiger partial charge in [0, 0.05) is 12.7 Å². The number of primary amides is 1. The lowest BCUT2D eigenvalue weighted by Crippen LogP contribution is -2.35. The van der Waals surface area contributed by atoms with Crippen LogP contribution in [0.5, 0.6) is 0 Å². The number of nitrogens with two attached hydrogens (primary N) is 1. The van der Waals surface area contributed by atoms with E-state index in [1.165, 1.54) is 12.1 Å². The molecule has 2 N–H and O–H groups in total. The van der Waals surface area contributed by atoms with Crippen molar-refractivity contribution in [3.63, 3.8) is 0 Å². The number of methoxy groups -OCH3 is 1. The number of benzene rings is 1. The fourth-order valence-corrected chi connectivity index (χ4v) is 2.44. The second kappa shape index (κ2) is 6.52. The van der Waals surface area contributed by atoms with Crippen LogP contribution in [0, 0.1) is 0 Å². The van der Waals surface area contributed by atoms with Crippen molar-refractivity contribution in [2.45, 2.75) is 37.9 Å². The van der Waals surface area contributed by atoms with Crippen LogP contribution in [0.2, 0.25) is 0 Å². The van der Waals surface area contributed by atoms with Crippen LogP contribution in [-0.2, 0) is 9.47 Å². The summed E-state index contributed by atoms with van der Waals surface area (Å²) in [5.41, 5.74) is 5.94. The summed E-state index contributed by atoms with van der Waals surface area (Å²) < 4.78 is 10.9. The maximum atomic E-state index is 12.1. The molecule has 0 aromatic heterocycles. The van der Waals surface area contributed by atoms with E-state index in [2.05, 4.69) is 0 Å². The van der Waals surface area contributed by atoms with Gasteiger partial charge in [0.05, 0.1) is 11.7 Å². The van der Waals surface area contributed by atoms with Crippen molar-refractivity contribution in [2.75, 3.05) is 7.11 Å². The molecule has 0 spiro atoms. The first-order valence-electron chi connectivity index (χ1n) is 6.75. The lowest BCUT2D eigenvalue weighted by Gasteiger charge is -2.29. The van der Waals surface area contributed by atoms with Gasteiger partial charge in [0.1, 0.15) is 6.10 Å². The van der Waals surface area contributed by atoms with Gasteiger partial charge in [-0.1, -0.05) is 6.42 Å². The van der Waals surface area contributed by atoms with Gasteiger partial charge in [-0.2, -0.15) is 0 Å². The van der Waals surface area contributed by atoms with Gasteiger partial charge < -0.3 is 15.2 Å². The lowest BCUT2D eigenvalue weighted by molar-refractivity contribution is -0.0539. The van der Waals surface area contributed by atoms with Crippen molar-refractivity contribution < 1.29 is 19.1 Å². The van der Waals surface area contributed by atoms with Gasteiger partial charge in [0.25, 0.3) is 0 Å². The van der Waals surface area contributed by atoms with Crippen molar-refractivity contribution in [1.82, 2.24) is 0 Å². The standard InChI is InChI=1S/C15H19NO4/c1-19-12-4-2-3-5-13(12)20-15(18)11-8-6-10(7-9-11)14(16)17/h6-9,12-13H,2-5H2,1H3,(H2,16,17)/t12-,13-/m1/s1. The minimum absolute atomic E-state index is 0.0300. The molecule has 2 rings (SSSR count). The Morgan fingerprint density at radius 2 is 1.60 bits per heavy atom. The second-order valence-electron chi connectivity index (χ2n) is 4.94. The second-order valence-corrected chi connectivity index (χ2v) is 4.94. The third kappa shape index (κ3) is 3.36. The maximum Gasteiger partial charge on any atom is 0.338 e. The number of hydrogen-bond acceptors (Lipinski definition) is 4. The van der Waals surface area contributed by atoms with Crippen molar-refractivity contribution in [3.8, 4) is 0 Å². The van der Waals surface area contributed by atoms with E-state index >= 15 is 0 Å². The van der Waals surface area contributed by atoms with E-state index in [4.69, 9.17) is 15.2 Å². The van der Waals surface area contributed by atoms with E-state index in [-0.39, 0.29) is 12.2 Å². The summed E-state index contributed by atoms with van der Waals surface area (Å²) >= 11 is 0. The summed E-state index contributed by atoms with van der Waals surface area (Å²) in [5, 5.41) is 0. The monoisotopic (exact) mass is 277 g/mol. The largest absolute Gasteiger partial charge is 0.456 e. The molecule has 0 heterocycles. The number of rotatable bonds is 4. The smallest absolute Gasteiger partial charge is 0.338 e. The van der Waals surface area contributed by atoms with Gasteiger partial charge in [0.15, 0.2) is 0 Å². The average molecular weight is 277 g/mol. The van der Waals surface area contributed by atoms with Gasteiger partial charge in [0.2, 0.25) is 5.91 Å². The van der Waals surface area contributed by atoms with Crippen molar-refractivity contribution in [1.29, 1.82) is 0 Å². The van der Waals surface area contributed by atoms with Crippen LogP contribution in [0.1, 0.15) is 46.4 Å². The quantitative estimate of drug-likeness (QED) is 0.852. The van der Waals surface area contributed by atoms with Gasteiger partial charge in [-0.15, -0.1) is 0 Å². The predicted molar refractivity (Wildman–Crippen MR) is 73.4 cm³/mol. The van der Waals surface area contributed by atoms with Crippen LogP contribution in [0.15, 0.2) is 24.3 Å². The Morgan fingerprint density at radius 1 is 1.05 bits per heavy atom. The van der Waals surface area contributed by atoms with E-state index in [1.54, 1.807) is 19.2 Å². The van der Waals surface area contributed by atoms with Gasteiger partial charge in [-0.05, 0) is 43.5 Å². The Kier molecular flexibility index (Phi) is 4.74. The third-order valence-corrected chi connectivity index (χ3v) is 3.61. The topological polar surface area (TPSA) is 78.6 Å². The summed E-state index contributed by atoms with van der Waals surface area (Å²) in [7, 11) is 1.64. The number of hydrogen-bond donors (Lipinski definition) is 1. The SMILES string of the molecule is CO[C@@H]1CCCC[C@H]1OC(=O)c1ccc(C(N)=O)cc1. The molecule has 5 nitrogen and oxygen atoms in total. The highest BCUT2D eigenvalue weighted by molar-refractivity contribution is 5.95. The molecule has 1 amide bonds. The maximum absolute atomic E-state index is 12.1. The first-order valence-corrected chi connectivity index (χ1v) is 6.75. The van der Waals surface area contributed by atoms with Crippen LogP contribution < -0.4 is 5.73 Å². The molecule has 2 atom stereocenters. The Bertz CT molecular complexity index is 483. The molecule has 1 fully saturated rings. The van der Waals surface area contributed by atoms with E-state index in [0.29, 0.717) is 11.1 Å². The summed E-state index contributed by atoms with van der Waals surface area (Å²) in [4.78, 5) is 23.0. The molecule has 5 heteroatoms.